The number of primary amides is 1. The summed E-state index contributed by atoms with van der Waals surface area (Å²) in [6, 6.07) is 5.58. The van der Waals surface area contributed by atoms with Crippen LogP contribution in [0.25, 0.3) is 12.3 Å². The Balaban J connectivity index is 2.94. The van der Waals surface area contributed by atoms with Crippen molar-refractivity contribution >= 4 is 24.4 Å². The summed E-state index contributed by atoms with van der Waals surface area (Å²) in [4.78, 5) is 14.9. The zero-order chi connectivity index (χ0) is 9.42. The van der Waals surface area contributed by atoms with E-state index < -0.39 is 5.91 Å². The highest BCUT2D eigenvalue weighted by Gasteiger charge is 2.11. The molecule has 2 N–H and O–H groups in total. The molecular weight excluding hydrogens is 164 g/mol. The van der Waals surface area contributed by atoms with Crippen LogP contribution >= 0.6 is 0 Å². The molecule has 0 aliphatic carbocycles. The van der Waals surface area contributed by atoms with Gasteiger partial charge >= 0.3 is 0 Å². The minimum Gasteiger partial charge on any atom is -0.364 e. The molecule has 1 heterocycles. The molecule has 13 heavy (non-hydrogen) atoms. The predicted octanol–water partition coefficient (Wildman–Crippen LogP) is -0.877. The third kappa shape index (κ3) is 1.05. The van der Waals surface area contributed by atoms with Gasteiger partial charge in [0.05, 0.1) is 0 Å². The fourth-order valence-electron chi connectivity index (χ4n) is 1.40. The van der Waals surface area contributed by atoms with Crippen LogP contribution in [0.1, 0.15) is 5.56 Å². The van der Waals surface area contributed by atoms with Gasteiger partial charge in [-0.05, 0) is 5.22 Å². The highest BCUT2D eigenvalue weighted by molar-refractivity contribution is 6.16. The molecule has 3 heteroatoms. The average Bonchev–Trinajstić information content (AvgIpc) is 2.49. The molecule has 1 aliphatic heterocycles. The maximum Gasteiger partial charge on any atom is 0.267 e. The molecule has 1 aromatic carbocycles. The van der Waals surface area contributed by atoms with Gasteiger partial charge in [0, 0.05) is 17.0 Å². The Labute approximate surface area is 74.9 Å². The van der Waals surface area contributed by atoms with Gasteiger partial charge in [-0.15, -0.1) is 0 Å². The molecule has 0 fully saturated rings. The zero-order valence-corrected chi connectivity index (χ0v) is 6.95. The maximum absolute atomic E-state index is 11.0. The third-order valence-corrected chi connectivity index (χ3v) is 1.99. The predicted molar refractivity (Wildman–Crippen MR) is 51.4 cm³/mol. The summed E-state index contributed by atoms with van der Waals surface area (Å²) in [6.45, 7) is 3.82. The highest BCUT2D eigenvalue weighted by atomic mass is 16.1. The topological polar surface area (TPSA) is 55.5 Å². The Morgan fingerprint density at radius 1 is 1.46 bits per heavy atom. The standard InChI is InChI=1S/C10H8N2O/c1-6-3-2-4-7-5-12-9(8(6)7)10(11)13/h2-5H,1H2,(H2,11,13). The molecule has 3 nitrogen and oxygen atoms in total. The Kier molecular flexibility index (Phi) is 1.52. The van der Waals surface area contributed by atoms with Crippen LogP contribution in [0, 0.1) is 0 Å². The number of fused-ring (bicyclic) bond motifs is 1. The first kappa shape index (κ1) is 7.73. The van der Waals surface area contributed by atoms with Gasteiger partial charge in [-0.2, -0.15) is 0 Å². The molecule has 0 radical (unpaired) electrons. The second-order valence-electron chi connectivity index (χ2n) is 2.85. The van der Waals surface area contributed by atoms with Gasteiger partial charge in [0.2, 0.25) is 0 Å². The van der Waals surface area contributed by atoms with E-state index in [4.69, 9.17) is 5.73 Å². The lowest BCUT2D eigenvalue weighted by molar-refractivity contribution is -0.112. The van der Waals surface area contributed by atoms with Crippen LogP contribution in [-0.2, 0) is 4.79 Å². The molecule has 0 saturated carbocycles. The lowest BCUT2D eigenvalue weighted by atomic mass is 10.1. The van der Waals surface area contributed by atoms with E-state index in [-0.39, 0.29) is 0 Å². The molecule has 2 rings (SSSR count). The SMILES string of the molecule is C=c1cccc2c1=C(C(N)=O)N=C2. The number of benzene rings is 1. The molecule has 0 bridgehead atoms. The van der Waals surface area contributed by atoms with Gasteiger partial charge in [-0.1, -0.05) is 24.8 Å². The minimum absolute atomic E-state index is 0.306. The molecular formula is C10H8N2O. The Morgan fingerprint density at radius 2 is 2.23 bits per heavy atom. The van der Waals surface area contributed by atoms with Crippen LogP contribution in [0.4, 0.5) is 0 Å². The van der Waals surface area contributed by atoms with Crippen molar-refractivity contribution in [1.29, 1.82) is 0 Å². The number of carbonyl (C=O) groups is 1. The number of hydrogen-bond acceptors (Lipinski definition) is 2. The highest BCUT2D eigenvalue weighted by Crippen LogP contribution is 2.01. The summed E-state index contributed by atoms with van der Waals surface area (Å²) in [6.07, 6.45) is 1.63. The quantitative estimate of drug-likeness (QED) is 0.587. The van der Waals surface area contributed by atoms with Gasteiger partial charge in [-0.3, -0.25) is 4.79 Å². The lowest BCUT2D eigenvalue weighted by Crippen LogP contribution is -2.30. The molecule has 0 saturated heterocycles. The van der Waals surface area contributed by atoms with E-state index in [0.29, 0.717) is 5.70 Å². The van der Waals surface area contributed by atoms with E-state index in [9.17, 15) is 4.79 Å². The van der Waals surface area contributed by atoms with Crippen LogP contribution in [0.15, 0.2) is 23.2 Å². The molecule has 0 spiro atoms. The monoisotopic (exact) mass is 172 g/mol. The first-order chi connectivity index (χ1) is 6.20. The van der Waals surface area contributed by atoms with E-state index >= 15 is 0 Å². The van der Waals surface area contributed by atoms with Crippen molar-refractivity contribution in [1.82, 2.24) is 0 Å². The van der Waals surface area contributed by atoms with Crippen LogP contribution in [0.5, 0.6) is 0 Å². The van der Waals surface area contributed by atoms with E-state index in [1.807, 2.05) is 18.2 Å². The molecule has 64 valence electrons. The Hall–Kier alpha value is -1.90. The summed E-state index contributed by atoms with van der Waals surface area (Å²) >= 11 is 0. The van der Waals surface area contributed by atoms with Crippen molar-refractivity contribution < 1.29 is 4.79 Å². The Morgan fingerprint density at radius 3 is 2.92 bits per heavy atom. The van der Waals surface area contributed by atoms with E-state index in [1.165, 1.54) is 0 Å². The summed E-state index contributed by atoms with van der Waals surface area (Å²) in [7, 11) is 0. The van der Waals surface area contributed by atoms with Gasteiger partial charge < -0.3 is 5.73 Å². The lowest BCUT2D eigenvalue weighted by Gasteiger charge is -1.92. The number of hydrogen-bond donors (Lipinski definition) is 1. The molecule has 0 unspecified atom stereocenters. The fourth-order valence-corrected chi connectivity index (χ4v) is 1.40. The first-order valence-corrected chi connectivity index (χ1v) is 3.86. The zero-order valence-electron chi connectivity index (χ0n) is 6.95. The van der Waals surface area contributed by atoms with E-state index in [0.717, 1.165) is 16.0 Å². The van der Waals surface area contributed by atoms with Crippen LogP contribution in [0.2, 0.25) is 0 Å². The van der Waals surface area contributed by atoms with Crippen molar-refractivity contribution in [3.8, 4) is 0 Å². The summed E-state index contributed by atoms with van der Waals surface area (Å²) in [5.41, 5.74) is 6.37. The van der Waals surface area contributed by atoms with Gasteiger partial charge in [0.1, 0.15) is 5.70 Å². The van der Waals surface area contributed by atoms with Crippen molar-refractivity contribution in [2.24, 2.45) is 10.7 Å². The Bertz CT molecular complexity index is 514. The third-order valence-electron chi connectivity index (χ3n) is 1.99. The van der Waals surface area contributed by atoms with Gasteiger partial charge in [-0.25, -0.2) is 4.99 Å². The molecule has 0 atom stereocenters. The van der Waals surface area contributed by atoms with Gasteiger partial charge in [0.15, 0.2) is 0 Å². The van der Waals surface area contributed by atoms with Crippen molar-refractivity contribution in [2.45, 2.75) is 0 Å². The normalized spacial score (nSPS) is 13.1. The molecule has 1 aromatic rings. The van der Waals surface area contributed by atoms with Crippen molar-refractivity contribution in [3.63, 3.8) is 0 Å². The van der Waals surface area contributed by atoms with Crippen molar-refractivity contribution in [3.05, 3.63) is 34.2 Å². The van der Waals surface area contributed by atoms with E-state index in [2.05, 4.69) is 11.6 Å². The largest absolute Gasteiger partial charge is 0.364 e. The molecule has 0 aromatic heterocycles. The van der Waals surface area contributed by atoms with Crippen molar-refractivity contribution in [2.75, 3.05) is 0 Å². The number of amides is 1. The number of nitrogens with zero attached hydrogens (tertiary/aromatic N) is 1. The maximum atomic E-state index is 11.0. The fraction of sp³-hybridized carbons (Fsp3) is 0. The summed E-state index contributed by atoms with van der Waals surface area (Å²) in [5.74, 6) is -0.508. The minimum atomic E-state index is -0.508. The first-order valence-electron chi connectivity index (χ1n) is 3.86. The van der Waals surface area contributed by atoms with Crippen LogP contribution in [0.3, 0.4) is 0 Å². The number of aliphatic imine (C=N–C) groups is 1. The molecule has 1 amide bonds. The summed E-state index contributed by atoms with van der Waals surface area (Å²) < 4.78 is 0. The second-order valence-corrected chi connectivity index (χ2v) is 2.85. The van der Waals surface area contributed by atoms with Crippen LogP contribution < -0.4 is 16.2 Å². The molecule has 1 aliphatic rings. The van der Waals surface area contributed by atoms with Crippen LogP contribution in [-0.4, -0.2) is 12.1 Å². The van der Waals surface area contributed by atoms with E-state index in [1.54, 1.807) is 6.21 Å². The average molecular weight is 172 g/mol. The smallest absolute Gasteiger partial charge is 0.267 e. The number of carbonyl (C=O) groups excluding carboxylic acids is 1. The number of nitrogens with two attached hydrogens (primary N) is 1. The van der Waals surface area contributed by atoms with Gasteiger partial charge in [0.25, 0.3) is 5.91 Å². The number of rotatable bonds is 1. The summed E-state index contributed by atoms with van der Waals surface area (Å²) in [5, 5.41) is 1.54. The second kappa shape index (κ2) is 2.55.